The zero-order valence-electron chi connectivity index (χ0n) is 14.4. The Kier molecular flexibility index (Phi) is 6.61. The van der Waals surface area contributed by atoms with Crippen molar-refractivity contribution in [3.8, 4) is 0 Å². The van der Waals surface area contributed by atoms with Crippen molar-refractivity contribution in [2.75, 3.05) is 24.3 Å². The summed E-state index contributed by atoms with van der Waals surface area (Å²) in [5.41, 5.74) is 1.29. The van der Waals surface area contributed by atoms with Gasteiger partial charge in [0.1, 0.15) is 0 Å². The van der Waals surface area contributed by atoms with Gasteiger partial charge in [0.05, 0.1) is 12.6 Å². The third-order valence-electron chi connectivity index (χ3n) is 4.60. The molecule has 3 N–H and O–H groups in total. The first-order valence-electron chi connectivity index (χ1n) is 8.57. The highest BCUT2D eigenvalue weighted by atomic mass is 16.3. The van der Waals surface area contributed by atoms with E-state index in [1.54, 1.807) is 32.2 Å². The molecule has 3 amide bonds. The maximum Gasteiger partial charge on any atom is 0.321 e. The average Bonchev–Trinajstić information content (AvgIpc) is 2.61. The quantitative estimate of drug-likeness (QED) is 0.774. The monoisotopic (exact) mass is 333 g/mol. The van der Waals surface area contributed by atoms with Gasteiger partial charge in [-0.05, 0) is 38.0 Å². The standard InChI is InChI=1S/C18H27N3O3/c1-13(12-22)21(2)18(24)20-16-10-6-9-15(11-16)19-17(23)14-7-4-3-5-8-14/h6,9-11,13-14,22H,3-5,7-8,12H2,1-2H3,(H,19,23)(H,20,24)/t13-/m0/s1. The van der Waals surface area contributed by atoms with E-state index >= 15 is 0 Å². The van der Waals surface area contributed by atoms with Gasteiger partial charge in [0.25, 0.3) is 0 Å². The smallest absolute Gasteiger partial charge is 0.321 e. The molecule has 1 fully saturated rings. The highest BCUT2D eigenvalue weighted by Gasteiger charge is 2.21. The van der Waals surface area contributed by atoms with E-state index in [0.717, 1.165) is 25.7 Å². The molecular formula is C18H27N3O3. The number of likely N-dealkylation sites (N-methyl/N-ethyl adjacent to an activating group) is 1. The first kappa shape index (κ1) is 18.3. The number of nitrogens with one attached hydrogen (secondary N) is 2. The molecular weight excluding hydrogens is 306 g/mol. The van der Waals surface area contributed by atoms with Crippen molar-refractivity contribution in [2.24, 2.45) is 5.92 Å². The van der Waals surface area contributed by atoms with Crippen molar-refractivity contribution in [1.82, 2.24) is 4.90 Å². The van der Waals surface area contributed by atoms with Crippen molar-refractivity contribution < 1.29 is 14.7 Å². The molecule has 1 saturated carbocycles. The molecule has 1 aromatic carbocycles. The van der Waals surface area contributed by atoms with Crippen LogP contribution in [0.1, 0.15) is 39.0 Å². The van der Waals surface area contributed by atoms with Gasteiger partial charge in [-0.1, -0.05) is 25.3 Å². The van der Waals surface area contributed by atoms with Crippen molar-refractivity contribution in [2.45, 2.75) is 45.1 Å². The maximum atomic E-state index is 12.3. The summed E-state index contributed by atoms with van der Waals surface area (Å²) in [4.78, 5) is 25.9. The number of carbonyl (C=O) groups excluding carboxylic acids is 2. The summed E-state index contributed by atoms with van der Waals surface area (Å²) in [5.74, 6) is 0.151. The third-order valence-corrected chi connectivity index (χ3v) is 4.60. The molecule has 0 heterocycles. The van der Waals surface area contributed by atoms with Crippen LogP contribution in [0, 0.1) is 5.92 Å². The van der Waals surface area contributed by atoms with E-state index in [9.17, 15) is 9.59 Å². The number of rotatable bonds is 5. The van der Waals surface area contributed by atoms with Crippen LogP contribution in [-0.2, 0) is 4.79 Å². The second-order valence-electron chi connectivity index (χ2n) is 6.48. The zero-order valence-corrected chi connectivity index (χ0v) is 14.4. The Hall–Kier alpha value is -2.08. The van der Waals surface area contributed by atoms with Gasteiger partial charge in [-0.3, -0.25) is 4.79 Å². The Bertz CT molecular complexity index is 539. The van der Waals surface area contributed by atoms with Crippen LogP contribution in [0.4, 0.5) is 16.2 Å². The highest BCUT2D eigenvalue weighted by molar-refractivity contribution is 5.94. The fourth-order valence-electron chi connectivity index (χ4n) is 2.82. The molecule has 2 rings (SSSR count). The van der Waals surface area contributed by atoms with E-state index in [4.69, 9.17) is 5.11 Å². The topological polar surface area (TPSA) is 81.7 Å². The highest BCUT2D eigenvalue weighted by Crippen LogP contribution is 2.25. The molecule has 1 aliphatic carbocycles. The number of urea groups is 1. The van der Waals surface area contributed by atoms with Gasteiger partial charge in [-0.15, -0.1) is 0 Å². The fraction of sp³-hybridized carbons (Fsp3) is 0.556. The largest absolute Gasteiger partial charge is 0.394 e. The predicted octanol–water partition coefficient (Wildman–Crippen LogP) is 3.05. The van der Waals surface area contributed by atoms with Gasteiger partial charge in [-0.25, -0.2) is 4.79 Å². The molecule has 1 aliphatic rings. The number of amides is 3. The van der Waals surface area contributed by atoms with E-state index in [1.807, 2.05) is 6.07 Å². The summed E-state index contributed by atoms with van der Waals surface area (Å²) >= 11 is 0. The number of nitrogens with zero attached hydrogens (tertiary/aromatic N) is 1. The normalized spacial score (nSPS) is 16.3. The minimum absolute atomic E-state index is 0.0594. The summed E-state index contributed by atoms with van der Waals surface area (Å²) in [7, 11) is 1.63. The predicted molar refractivity (Wildman–Crippen MR) is 95.0 cm³/mol. The molecule has 0 aromatic heterocycles. The lowest BCUT2D eigenvalue weighted by atomic mass is 9.88. The number of carbonyl (C=O) groups is 2. The van der Waals surface area contributed by atoms with Crippen molar-refractivity contribution >= 4 is 23.3 Å². The lowest BCUT2D eigenvalue weighted by Gasteiger charge is -2.23. The molecule has 0 saturated heterocycles. The van der Waals surface area contributed by atoms with Gasteiger partial charge < -0.3 is 20.6 Å². The SMILES string of the molecule is C[C@@H](CO)N(C)C(=O)Nc1cccc(NC(=O)C2CCCCC2)c1. The summed E-state index contributed by atoms with van der Waals surface area (Å²) in [6.07, 6.45) is 5.34. The molecule has 6 heteroatoms. The van der Waals surface area contributed by atoms with Gasteiger partial charge in [0.15, 0.2) is 0 Å². The van der Waals surface area contributed by atoms with Crippen LogP contribution in [-0.4, -0.2) is 41.6 Å². The first-order chi connectivity index (χ1) is 11.5. The molecule has 6 nitrogen and oxygen atoms in total. The second kappa shape index (κ2) is 8.68. The van der Waals surface area contributed by atoms with E-state index in [1.165, 1.54) is 11.3 Å². The van der Waals surface area contributed by atoms with Crippen LogP contribution in [0.5, 0.6) is 0 Å². The van der Waals surface area contributed by atoms with E-state index < -0.39 is 0 Å². The van der Waals surface area contributed by atoms with Crippen LogP contribution in [0.3, 0.4) is 0 Å². The minimum atomic E-state index is -0.299. The molecule has 0 bridgehead atoms. The molecule has 132 valence electrons. The molecule has 1 atom stereocenters. The van der Waals surface area contributed by atoms with E-state index in [2.05, 4.69) is 10.6 Å². The zero-order chi connectivity index (χ0) is 17.5. The molecule has 0 radical (unpaired) electrons. The lowest BCUT2D eigenvalue weighted by Crippen LogP contribution is -2.40. The number of hydrogen-bond donors (Lipinski definition) is 3. The minimum Gasteiger partial charge on any atom is -0.394 e. The Labute approximate surface area is 143 Å². The Morgan fingerprint density at radius 2 is 1.83 bits per heavy atom. The van der Waals surface area contributed by atoms with E-state index in [0.29, 0.717) is 11.4 Å². The number of anilines is 2. The maximum absolute atomic E-state index is 12.3. The summed E-state index contributed by atoms with van der Waals surface area (Å²) < 4.78 is 0. The van der Waals surface area contributed by atoms with Crippen LogP contribution in [0.2, 0.25) is 0 Å². The van der Waals surface area contributed by atoms with Gasteiger partial charge in [0.2, 0.25) is 5.91 Å². The third kappa shape index (κ3) is 4.96. The fourth-order valence-corrected chi connectivity index (χ4v) is 2.82. The van der Waals surface area contributed by atoms with Crippen LogP contribution in [0.15, 0.2) is 24.3 Å². The van der Waals surface area contributed by atoms with Crippen molar-refractivity contribution in [3.05, 3.63) is 24.3 Å². The lowest BCUT2D eigenvalue weighted by molar-refractivity contribution is -0.120. The van der Waals surface area contributed by atoms with Crippen molar-refractivity contribution in [3.63, 3.8) is 0 Å². The summed E-state index contributed by atoms with van der Waals surface area (Å²) in [6.45, 7) is 1.67. The number of benzene rings is 1. The second-order valence-corrected chi connectivity index (χ2v) is 6.48. The molecule has 0 spiro atoms. The molecule has 24 heavy (non-hydrogen) atoms. The number of hydrogen-bond acceptors (Lipinski definition) is 3. The summed E-state index contributed by atoms with van der Waals surface area (Å²) in [6, 6.07) is 6.56. The van der Waals surface area contributed by atoms with Crippen molar-refractivity contribution in [1.29, 1.82) is 0 Å². The van der Waals surface area contributed by atoms with Gasteiger partial charge >= 0.3 is 6.03 Å². The first-order valence-corrected chi connectivity index (χ1v) is 8.57. The van der Waals surface area contributed by atoms with Gasteiger partial charge in [0, 0.05) is 24.3 Å². The number of aliphatic hydroxyl groups excluding tert-OH is 1. The van der Waals surface area contributed by atoms with Crippen LogP contribution in [0.25, 0.3) is 0 Å². The molecule has 0 unspecified atom stereocenters. The Morgan fingerprint density at radius 3 is 2.46 bits per heavy atom. The Morgan fingerprint density at radius 1 is 1.21 bits per heavy atom. The number of aliphatic hydroxyl groups is 1. The van der Waals surface area contributed by atoms with Crippen LogP contribution < -0.4 is 10.6 Å². The van der Waals surface area contributed by atoms with E-state index in [-0.39, 0.29) is 30.5 Å². The molecule has 0 aliphatic heterocycles. The Balaban J connectivity index is 1.95. The van der Waals surface area contributed by atoms with Gasteiger partial charge in [-0.2, -0.15) is 0 Å². The average molecular weight is 333 g/mol. The summed E-state index contributed by atoms with van der Waals surface area (Å²) in [5, 5.41) is 14.8. The molecule has 1 aromatic rings. The van der Waals surface area contributed by atoms with Crippen LogP contribution >= 0.6 is 0 Å².